The van der Waals surface area contributed by atoms with Gasteiger partial charge in [0.15, 0.2) is 5.79 Å². The minimum absolute atomic E-state index is 0.185. The number of hydrogen-bond donors (Lipinski definition) is 0. The minimum Gasteiger partial charge on any atom is -0.459 e. The lowest BCUT2D eigenvalue weighted by Crippen LogP contribution is -2.25. The van der Waals surface area contributed by atoms with E-state index in [0.717, 1.165) is 0 Å². The van der Waals surface area contributed by atoms with Crippen LogP contribution in [-0.4, -0.2) is 31.1 Å². The summed E-state index contributed by atoms with van der Waals surface area (Å²) in [5, 5.41) is 0.584. The molecule has 0 N–H and O–H groups in total. The normalized spacial score (nSPS) is 21.8. The van der Waals surface area contributed by atoms with E-state index in [4.69, 9.17) is 25.8 Å². The highest BCUT2D eigenvalue weighted by Crippen LogP contribution is 2.22. The van der Waals surface area contributed by atoms with Gasteiger partial charge in [-0.05, 0) is 38.1 Å². The molecule has 0 spiro atoms. The Labute approximate surface area is 111 Å². The van der Waals surface area contributed by atoms with Crippen molar-refractivity contribution in [1.82, 2.24) is 0 Å². The highest BCUT2D eigenvalue weighted by molar-refractivity contribution is 6.30. The second-order valence-electron chi connectivity index (χ2n) is 4.56. The first-order chi connectivity index (χ1) is 8.46. The number of ether oxygens (including phenoxy) is 3. The number of carbonyl (C=O) groups excluding carboxylic acids is 1. The summed E-state index contributed by atoms with van der Waals surface area (Å²) < 4.78 is 16.1. The fourth-order valence-corrected chi connectivity index (χ4v) is 1.81. The molecule has 0 saturated carbocycles. The van der Waals surface area contributed by atoms with E-state index in [0.29, 0.717) is 17.2 Å². The molecule has 1 aliphatic rings. The van der Waals surface area contributed by atoms with E-state index in [1.807, 2.05) is 13.8 Å². The van der Waals surface area contributed by atoms with Gasteiger partial charge in [0.2, 0.25) is 0 Å². The molecule has 1 aliphatic heterocycles. The van der Waals surface area contributed by atoms with Crippen LogP contribution in [-0.2, 0) is 14.2 Å². The van der Waals surface area contributed by atoms with Gasteiger partial charge in [0, 0.05) is 5.02 Å². The van der Waals surface area contributed by atoms with Crippen molar-refractivity contribution in [3.8, 4) is 0 Å². The molecule has 1 fully saturated rings. The van der Waals surface area contributed by atoms with Gasteiger partial charge < -0.3 is 14.2 Å². The molecule has 1 aromatic carbocycles. The van der Waals surface area contributed by atoms with Gasteiger partial charge in [-0.3, -0.25) is 0 Å². The average Bonchev–Trinajstić information content (AvgIpc) is 2.67. The van der Waals surface area contributed by atoms with Crippen LogP contribution in [0.5, 0.6) is 0 Å². The average molecular weight is 271 g/mol. The van der Waals surface area contributed by atoms with Crippen molar-refractivity contribution in [2.45, 2.75) is 25.7 Å². The molecule has 0 unspecified atom stereocenters. The SMILES string of the molecule is CC1(C)OC[C@@H](COC(=O)c2ccc(Cl)cc2)O1. The van der Waals surface area contributed by atoms with E-state index in [9.17, 15) is 4.79 Å². The van der Waals surface area contributed by atoms with E-state index in [-0.39, 0.29) is 18.7 Å². The molecular weight excluding hydrogens is 256 g/mol. The lowest BCUT2D eigenvalue weighted by Gasteiger charge is -2.16. The van der Waals surface area contributed by atoms with Gasteiger partial charge in [-0.1, -0.05) is 11.6 Å². The number of esters is 1. The van der Waals surface area contributed by atoms with Crippen LogP contribution in [0.4, 0.5) is 0 Å². The zero-order valence-corrected chi connectivity index (χ0v) is 11.1. The molecule has 0 radical (unpaired) electrons. The lowest BCUT2D eigenvalue weighted by molar-refractivity contribution is -0.142. The van der Waals surface area contributed by atoms with Crippen LogP contribution in [0.3, 0.4) is 0 Å². The van der Waals surface area contributed by atoms with Crippen LogP contribution in [0.25, 0.3) is 0 Å². The lowest BCUT2D eigenvalue weighted by atomic mass is 10.2. The van der Waals surface area contributed by atoms with Crippen LogP contribution in [0, 0.1) is 0 Å². The van der Waals surface area contributed by atoms with Gasteiger partial charge in [0.05, 0.1) is 12.2 Å². The van der Waals surface area contributed by atoms with E-state index in [2.05, 4.69) is 0 Å². The fraction of sp³-hybridized carbons (Fsp3) is 0.462. The van der Waals surface area contributed by atoms with Gasteiger partial charge in [-0.15, -0.1) is 0 Å². The summed E-state index contributed by atoms with van der Waals surface area (Å²) in [6.07, 6.45) is -0.212. The van der Waals surface area contributed by atoms with Crippen molar-refractivity contribution >= 4 is 17.6 Å². The van der Waals surface area contributed by atoms with Crippen LogP contribution < -0.4 is 0 Å². The standard InChI is InChI=1S/C13H15ClO4/c1-13(2)17-8-11(18-13)7-16-12(15)9-3-5-10(14)6-4-9/h3-6,11H,7-8H2,1-2H3/t11-/m1/s1. The molecule has 1 saturated heterocycles. The molecule has 5 heteroatoms. The highest BCUT2D eigenvalue weighted by atomic mass is 35.5. The molecule has 4 nitrogen and oxygen atoms in total. The maximum atomic E-state index is 11.7. The molecule has 1 aromatic rings. The molecule has 0 aliphatic carbocycles. The summed E-state index contributed by atoms with van der Waals surface area (Å²) in [7, 11) is 0. The van der Waals surface area contributed by atoms with Crippen molar-refractivity contribution in [2.24, 2.45) is 0 Å². The molecule has 1 atom stereocenters. The van der Waals surface area contributed by atoms with Crippen molar-refractivity contribution in [3.05, 3.63) is 34.9 Å². The Morgan fingerprint density at radius 3 is 2.67 bits per heavy atom. The van der Waals surface area contributed by atoms with Gasteiger partial charge >= 0.3 is 5.97 Å². The number of halogens is 1. The van der Waals surface area contributed by atoms with Crippen LogP contribution in [0.1, 0.15) is 24.2 Å². The summed E-state index contributed by atoms with van der Waals surface area (Å²) >= 11 is 5.74. The second kappa shape index (κ2) is 5.26. The Morgan fingerprint density at radius 1 is 1.44 bits per heavy atom. The Morgan fingerprint density at radius 2 is 2.11 bits per heavy atom. The predicted octanol–water partition coefficient (Wildman–Crippen LogP) is 2.65. The maximum absolute atomic E-state index is 11.7. The van der Waals surface area contributed by atoms with Crippen molar-refractivity contribution in [2.75, 3.05) is 13.2 Å². The molecular formula is C13H15ClO4. The Balaban J connectivity index is 1.84. The number of benzene rings is 1. The third-order valence-electron chi connectivity index (χ3n) is 2.55. The van der Waals surface area contributed by atoms with Crippen LogP contribution >= 0.6 is 11.6 Å². The van der Waals surface area contributed by atoms with Crippen molar-refractivity contribution in [1.29, 1.82) is 0 Å². The summed E-state index contributed by atoms with van der Waals surface area (Å²) in [5.41, 5.74) is 0.470. The third kappa shape index (κ3) is 3.45. The summed E-state index contributed by atoms with van der Waals surface area (Å²) in [5.74, 6) is -0.989. The Kier molecular flexibility index (Phi) is 3.90. The molecule has 0 bridgehead atoms. The Bertz CT molecular complexity index is 427. The van der Waals surface area contributed by atoms with E-state index in [1.54, 1.807) is 24.3 Å². The van der Waals surface area contributed by atoms with Gasteiger partial charge in [-0.25, -0.2) is 4.79 Å². The molecule has 0 aromatic heterocycles. The topological polar surface area (TPSA) is 44.8 Å². The number of carbonyl (C=O) groups is 1. The number of rotatable bonds is 3. The third-order valence-corrected chi connectivity index (χ3v) is 2.80. The van der Waals surface area contributed by atoms with Crippen LogP contribution in [0.15, 0.2) is 24.3 Å². The first kappa shape index (κ1) is 13.3. The van der Waals surface area contributed by atoms with Crippen molar-refractivity contribution in [3.63, 3.8) is 0 Å². The summed E-state index contributed by atoms with van der Waals surface area (Å²) in [4.78, 5) is 11.7. The molecule has 18 heavy (non-hydrogen) atoms. The Hall–Kier alpha value is -1.10. The zero-order chi connectivity index (χ0) is 13.2. The van der Waals surface area contributed by atoms with E-state index < -0.39 is 5.79 Å². The van der Waals surface area contributed by atoms with Crippen LogP contribution in [0.2, 0.25) is 5.02 Å². The second-order valence-corrected chi connectivity index (χ2v) is 4.99. The highest BCUT2D eigenvalue weighted by Gasteiger charge is 2.33. The first-order valence-electron chi connectivity index (χ1n) is 5.71. The quantitative estimate of drug-likeness (QED) is 0.792. The van der Waals surface area contributed by atoms with Crippen molar-refractivity contribution < 1.29 is 19.0 Å². The largest absolute Gasteiger partial charge is 0.459 e. The molecule has 98 valence electrons. The summed E-state index contributed by atoms with van der Waals surface area (Å²) in [6.45, 7) is 4.27. The number of hydrogen-bond acceptors (Lipinski definition) is 4. The van der Waals surface area contributed by atoms with Gasteiger partial charge in [0.25, 0.3) is 0 Å². The minimum atomic E-state index is -0.600. The predicted molar refractivity (Wildman–Crippen MR) is 66.6 cm³/mol. The monoisotopic (exact) mass is 270 g/mol. The first-order valence-corrected chi connectivity index (χ1v) is 6.08. The molecule has 2 rings (SSSR count). The van der Waals surface area contributed by atoms with Gasteiger partial charge in [0.1, 0.15) is 12.7 Å². The smallest absolute Gasteiger partial charge is 0.338 e. The molecule has 1 heterocycles. The zero-order valence-electron chi connectivity index (χ0n) is 10.3. The maximum Gasteiger partial charge on any atom is 0.338 e. The molecule has 0 amide bonds. The fourth-order valence-electron chi connectivity index (χ4n) is 1.68. The van der Waals surface area contributed by atoms with Gasteiger partial charge in [-0.2, -0.15) is 0 Å². The van der Waals surface area contributed by atoms with E-state index >= 15 is 0 Å². The summed E-state index contributed by atoms with van der Waals surface area (Å²) in [6, 6.07) is 6.55. The van der Waals surface area contributed by atoms with E-state index in [1.165, 1.54) is 0 Å².